The van der Waals surface area contributed by atoms with Gasteiger partial charge in [-0.15, -0.1) is 0 Å². The number of hydrogen-bond donors (Lipinski definition) is 2. The van der Waals surface area contributed by atoms with Gasteiger partial charge in [0, 0.05) is 17.3 Å². The predicted molar refractivity (Wildman–Crippen MR) is 58.8 cm³/mol. The maximum Gasteiger partial charge on any atom is 0.124 e. The molecule has 76 valence electrons. The van der Waals surface area contributed by atoms with E-state index >= 15 is 0 Å². The number of para-hydroxylation sites is 1. The molecule has 1 aromatic carbocycles. The number of nitrogens with two attached hydrogens (primary N) is 1. The molecule has 3 N–H and O–H groups in total. The molecule has 0 fully saturated rings. The van der Waals surface area contributed by atoms with E-state index in [9.17, 15) is 5.11 Å². The Morgan fingerprint density at radius 3 is 2.71 bits per heavy atom. The van der Waals surface area contributed by atoms with Crippen LogP contribution in [-0.2, 0) is 0 Å². The molecule has 0 aromatic heterocycles. The number of phenols is 1. The molecule has 0 aliphatic carbocycles. The average molecular weight is 192 g/mol. The minimum Gasteiger partial charge on any atom is -0.507 e. The normalized spacial score (nSPS) is 14.1. The Labute approximate surface area is 84.3 Å². The summed E-state index contributed by atoms with van der Waals surface area (Å²) in [6.45, 7) is 4.36. The second-order valence-corrected chi connectivity index (χ2v) is 3.42. The van der Waals surface area contributed by atoms with Gasteiger partial charge in [-0.05, 0) is 26.0 Å². The van der Waals surface area contributed by atoms with Crippen LogP contribution < -0.4 is 5.73 Å². The second kappa shape index (κ2) is 4.77. The quantitative estimate of drug-likeness (QED) is 0.714. The van der Waals surface area contributed by atoms with Crippen molar-refractivity contribution in [2.45, 2.75) is 19.9 Å². The molecule has 0 radical (unpaired) electrons. The topological polar surface area (TPSA) is 58.6 Å². The molecule has 1 aromatic rings. The van der Waals surface area contributed by atoms with Gasteiger partial charge >= 0.3 is 0 Å². The van der Waals surface area contributed by atoms with Crippen molar-refractivity contribution in [2.24, 2.45) is 10.7 Å². The summed E-state index contributed by atoms with van der Waals surface area (Å²) in [4.78, 5) is 4.29. The molecule has 1 rings (SSSR count). The summed E-state index contributed by atoms with van der Waals surface area (Å²) >= 11 is 0. The number of nitrogens with zero attached hydrogens (tertiary/aromatic N) is 1. The largest absolute Gasteiger partial charge is 0.507 e. The zero-order chi connectivity index (χ0) is 10.6. The first-order valence-electron chi connectivity index (χ1n) is 4.66. The van der Waals surface area contributed by atoms with Crippen LogP contribution >= 0.6 is 0 Å². The highest BCUT2D eigenvalue weighted by Gasteiger charge is 2.02. The van der Waals surface area contributed by atoms with Crippen LogP contribution in [0, 0.1) is 0 Å². The lowest BCUT2D eigenvalue weighted by atomic mass is 10.1. The lowest BCUT2D eigenvalue weighted by molar-refractivity contribution is 0.474. The first kappa shape index (κ1) is 10.7. The molecule has 0 saturated heterocycles. The summed E-state index contributed by atoms with van der Waals surface area (Å²) in [7, 11) is 0. The predicted octanol–water partition coefficient (Wildman–Crippen LogP) is 1.55. The van der Waals surface area contributed by atoms with Gasteiger partial charge in [0.05, 0.1) is 6.54 Å². The molecule has 1 atom stereocenters. The molecule has 0 unspecified atom stereocenters. The van der Waals surface area contributed by atoms with E-state index in [-0.39, 0.29) is 11.8 Å². The van der Waals surface area contributed by atoms with E-state index in [0.29, 0.717) is 6.54 Å². The maximum absolute atomic E-state index is 9.53. The summed E-state index contributed by atoms with van der Waals surface area (Å²) in [6.07, 6.45) is 0. The van der Waals surface area contributed by atoms with Crippen molar-refractivity contribution in [2.75, 3.05) is 6.54 Å². The zero-order valence-corrected chi connectivity index (χ0v) is 8.57. The monoisotopic (exact) mass is 192 g/mol. The Bertz CT molecular complexity index is 332. The molecule has 3 heteroatoms. The number of rotatable bonds is 3. The minimum atomic E-state index is 0.0517. The molecule has 3 nitrogen and oxygen atoms in total. The lowest BCUT2D eigenvalue weighted by Crippen LogP contribution is -2.19. The standard InChI is InChI=1S/C11H16N2O/c1-8(12)7-13-9(2)10-5-3-4-6-11(10)14/h3-6,8,14H,7,12H2,1-2H3/t8-/m0/s1. The van der Waals surface area contributed by atoms with Crippen LogP contribution in [0.5, 0.6) is 5.75 Å². The number of phenolic OH excluding ortho intramolecular Hbond substituents is 1. The molecule has 0 heterocycles. The zero-order valence-electron chi connectivity index (χ0n) is 8.57. The summed E-state index contributed by atoms with van der Waals surface area (Å²) in [5.41, 5.74) is 7.18. The van der Waals surface area contributed by atoms with Crippen molar-refractivity contribution in [3.63, 3.8) is 0 Å². The van der Waals surface area contributed by atoms with E-state index in [0.717, 1.165) is 11.3 Å². The van der Waals surface area contributed by atoms with Crippen LogP contribution in [0.1, 0.15) is 19.4 Å². The van der Waals surface area contributed by atoms with E-state index < -0.39 is 0 Å². The van der Waals surface area contributed by atoms with Crippen LogP contribution in [0.2, 0.25) is 0 Å². The highest BCUT2D eigenvalue weighted by molar-refractivity contribution is 6.00. The molecule has 0 saturated carbocycles. The smallest absolute Gasteiger partial charge is 0.124 e. The molecule has 0 aliphatic rings. The molecular formula is C11H16N2O. The van der Waals surface area contributed by atoms with Crippen molar-refractivity contribution in [3.8, 4) is 5.75 Å². The molecular weight excluding hydrogens is 176 g/mol. The fourth-order valence-corrected chi connectivity index (χ4v) is 1.15. The summed E-state index contributed by atoms with van der Waals surface area (Å²) < 4.78 is 0. The third-order valence-corrected chi connectivity index (χ3v) is 1.91. The fraction of sp³-hybridized carbons (Fsp3) is 0.364. The van der Waals surface area contributed by atoms with E-state index in [1.54, 1.807) is 12.1 Å². The Morgan fingerprint density at radius 1 is 1.50 bits per heavy atom. The van der Waals surface area contributed by atoms with Crippen LogP contribution in [0.4, 0.5) is 0 Å². The first-order valence-corrected chi connectivity index (χ1v) is 4.66. The van der Waals surface area contributed by atoms with Gasteiger partial charge < -0.3 is 10.8 Å². The van der Waals surface area contributed by atoms with Crippen molar-refractivity contribution < 1.29 is 5.11 Å². The van der Waals surface area contributed by atoms with E-state index in [2.05, 4.69) is 4.99 Å². The Balaban J connectivity index is 2.84. The van der Waals surface area contributed by atoms with Crippen LogP contribution in [0.3, 0.4) is 0 Å². The van der Waals surface area contributed by atoms with Crippen LogP contribution in [0.15, 0.2) is 29.3 Å². The van der Waals surface area contributed by atoms with Gasteiger partial charge in [-0.1, -0.05) is 12.1 Å². The van der Waals surface area contributed by atoms with Crippen molar-refractivity contribution in [1.82, 2.24) is 0 Å². The number of benzene rings is 1. The molecule has 14 heavy (non-hydrogen) atoms. The summed E-state index contributed by atoms with van der Waals surface area (Å²) in [5.74, 6) is 0.262. The fourth-order valence-electron chi connectivity index (χ4n) is 1.15. The van der Waals surface area contributed by atoms with Gasteiger partial charge in [-0.25, -0.2) is 0 Å². The number of aromatic hydroxyl groups is 1. The van der Waals surface area contributed by atoms with E-state index in [1.807, 2.05) is 26.0 Å². The molecule has 0 bridgehead atoms. The number of aliphatic imine (C=N–C) groups is 1. The Kier molecular flexibility index (Phi) is 3.65. The summed E-state index contributed by atoms with van der Waals surface area (Å²) in [6, 6.07) is 7.21. The minimum absolute atomic E-state index is 0.0517. The van der Waals surface area contributed by atoms with Crippen LogP contribution in [-0.4, -0.2) is 23.4 Å². The number of hydrogen-bond acceptors (Lipinski definition) is 3. The van der Waals surface area contributed by atoms with E-state index in [4.69, 9.17) is 5.73 Å². The lowest BCUT2D eigenvalue weighted by Gasteiger charge is -2.05. The van der Waals surface area contributed by atoms with Crippen LogP contribution in [0.25, 0.3) is 0 Å². The SMILES string of the molecule is CC(=NC[C@H](C)N)c1ccccc1O. The van der Waals surface area contributed by atoms with Gasteiger partial charge in [0.1, 0.15) is 5.75 Å². The highest BCUT2D eigenvalue weighted by atomic mass is 16.3. The second-order valence-electron chi connectivity index (χ2n) is 3.42. The van der Waals surface area contributed by atoms with Gasteiger partial charge in [0.2, 0.25) is 0 Å². The van der Waals surface area contributed by atoms with E-state index in [1.165, 1.54) is 0 Å². The third kappa shape index (κ3) is 2.85. The van der Waals surface area contributed by atoms with Crippen molar-refractivity contribution in [3.05, 3.63) is 29.8 Å². The van der Waals surface area contributed by atoms with Crippen molar-refractivity contribution in [1.29, 1.82) is 0 Å². The molecule has 0 amide bonds. The molecule has 0 spiro atoms. The Hall–Kier alpha value is -1.35. The average Bonchev–Trinajstić information content (AvgIpc) is 2.15. The highest BCUT2D eigenvalue weighted by Crippen LogP contribution is 2.16. The van der Waals surface area contributed by atoms with Gasteiger partial charge in [-0.3, -0.25) is 4.99 Å². The first-order chi connectivity index (χ1) is 6.61. The summed E-state index contributed by atoms with van der Waals surface area (Å²) in [5, 5.41) is 9.53. The van der Waals surface area contributed by atoms with Gasteiger partial charge in [0.25, 0.3) is 0 Å². The maximum atomic E-state index is 9.53. The van der Waals surface area contributed by atoms with Crippen molar-refractivity contribution >= 4 is 5.71 Å². The third-order valence-electron chi connectivity index (χ3n) is 1.91. The van der Waals surface area contributed by atoms with Gasteiger partial charge in [0.15, 0.2) is 0 Å². The molecule has 0 aliphatic heterocycles. The van der Waals surface area contributed by atoms with Gasteiger partial charge in [-0.2, -0.15) is 0 Å². The Morgan fingerprint density at radius 2 is 2.14 bits per heavy atom.